The monoisotopic (exact) mass is 206 g/mol. The van der Waals surface area contributed by atoms with Crippen LogP contribution >= 0.6 is 0 Å². The fraction of sp³-hybridized carbons (Fsp3) is 0.571. The molecule has 0 unspecified atom stereocenters. The number of hydrogen-bond acceptors (Lipinski definition) is 1. The Labute approximate surface area is 93.5 Å². The van der Waals surface area contributed by atoms with Crippen molar-refractivity contribution in [1.82, 2.24) is 0 Å². The van der Waals surface area contributed by atoms with Gasteiger partial charge in [-0.05, 0) is 30.4 Å². The number of para-hydroxylation sites is 1. The van der Waals surface area contributed by atoms with Gasteiger partial charge in [-0.3, -0.25) is 0 Å². The minimum Gasteiger partial charge on any atom is -0.493 e. The van der Waals surface area contributed by atoms with Gasteiger partial charge in [0, 0.05) is 0 Å². The molecule has 1 heteroatoms. The molecule has 0 aliphatic carbocycles. The Morgan fingerprint density at radius 1 is 1.13 bits per heavy atom. The summed E-state index contributed by atoms with van der Waals surface area (Å²) < 4.78 is 5.75. The van der Waals surface area contributed by atoms with E-state index in [1.165, 1.54) is 18.4 Å². The van der Waals surface area contributed by atoms with Crippen LogP contribution in [0.2, 0.25) is 0 Å². The van der Waals surface area contributed by atoms with E-state index in [4.69, 9.17) is 4.74 Å². The van der Waals surface area contributed by atoms with Gasteiger partial charge in [-0.25, -0.2) is 0 Å². The zero-order chi connectivity index (χ0) is 11.1. The molecule has 1 atom stereocenters. The van der Waals surface area contributed by atoms with Crippen LogP contribution in [-0.2, 0) is 0 Å². The van der Waals surface area contributed by atoms with Gasteiger partial charge in [0.2, 0.25) is 0 Å². The van der Waals surface area contributed by atoms with Crippen molar-refractivity contribution >= 4 is 0 Å². The number of benzene rings is 1. The van der Waals surface area contributed by atoms with Crippen LogP contribution in [0.15, 0.2) is 24.3 Å². The van der Waals surface area contributed by atoms with Gasteiger partial charge in [-0.2, -0.15) is 0 Å². The Kier molecular flexibility index (Phi) is 5.23. The Morgan fingerprint density at radius 3 is 2.53 bits per heavy atom. The molecule has 1 nitrogen and oxygen atoms in total. The fourth-order valence-corrected chi connectivity index (χ4v) is 1.82. The molecule has 0 N–H and O–H groups in total. The molecule has 0 spiro atoms. The molecule has 0 bridgehead atoms. The maximum atomic E-state index is 5.75. The van der Waals surface area contributed by atoms with E-state index in [-0.39, 0.29) is 0 Å². The fourth-order valence-electron chi connectivity index (χ4n) is 1.82. The summed E-state index contributed by atoms with van der Waals surface area (Å²) in [5.41, 5.74) is 1.35. The molecule has 0 fully saturated rings. The molecule has 0 aliphatic rings. The molecule has 84 valence electrons. The summed E-state index contributed by atoms with van der Waals surface area (Å²) in [7, 11) is 0. The Morgan fingerprint density at radius 2 is 1.87 bits per heavy atom. The van der Waals surface area contributed by atoms with E-state index in [1.807, 2.05) is 6.07 Å². The normalized spacial score (nSPS) is 12.5. The predicted octanol–water partition coefficient (Wildman–Crippen LogP) is 4.38. The molecule has 15 heavy (non-hydrogen) atoms. The molecule has 0 heterocycles. The van der Waals surface area contributed by atoms with Gasteiger partial charge < -0.3 is 4.74 Å². The van der Waals surface area contributed by atoms with Gasteiger partial charge in [-0.15, -0.1) is 0 Å². The van der Waals surface area contributed by atoms with Gasteiger partial charge in [0.25, 0.3) is 0 Å². The van der Waals surface area contributed by atoms with E-state index in [0.29, 0.717) is 5.92 Å². The second-order valence-corrected chi connectivity index (χ2v) is 4.08. The third kappa shape index (κ3) is 3.58. The van der Waals surface area contributed by atoms with Crippen molar-refractivity contribution in [1.29, 1.82) is 0 Å². The highest BCUT2D eigenvalue weighted by Crippen LogP contribution is 2.29. The standard InChI is InChI=1S/C14H22O/c1-4-8-12(3)13-9-6-7-10-14(13)15-11-5-2/h6-7,9-10,12H,4-5,8,11H2,1-3H3/t12-/m1/s1. The lowest BCUT2D eigenvalue weighted by Gasteiger charge is -2.16. The Balaban J connectivity index is 2.75. The first kappa shape index (κ1) is 12.1. The van der Waals surface area contributed by atoms with Gasteiger partial charge >= 0.3 is 0 Å². The first-order chi connectivity index (χ1) is 7.29. The van der Waals surface area contributed by atoms with E-state index in [9.17, 15) is 0 Å². The molecular weight excluding hydrogens is 184 g/mol. The van der Waals surface area contributed by atoms with Crippen LogP contribution in [0.3, 0.4) is 0 Å². The van der Waals surface area contributed by atoms with E-state index in [0.717, 1.165) is 18.8 Å². The van der Waals surface area contributed by atoms with Crippen molar-refractivity contribution < 1.29 is 4.74 Å². The van der Waals surface area contributed by atoms with Gasteiger partial charge in [0.05, 0.1) is 6.61 Å². The SMILES string of the molecule is CCCOc1ccccc1[C@H](C)CCC. The summed E-state index contributed by atoms with van der Waals surface area (Å²) in [6.07, 6.45) is 3.52. The third-order valence-electron chi connectivity index (χ3n) is 2.63. The minimum absolute atomic E-state index is 0.600. The van der Waals surface area contributed by atoms with Crippen LogP contribution in [0.25, 0.3) is 0 Å². The van der Waals surface area contributed by atoms with Crippen molar-refractivity contribution in [2.45, 2.75) is 46.0 Å². The lowest BCUT2D eigenvalue weighted by atomic mass is 9.96. The summed E-state index contributed by atoms with van der Waals surface area (Å²) >= 11 is 0. The van der Waals surface area contributed by atoms with Crippen LogP contribution in [0.5, 0.6) is 5.75 Å². The highest BCUT2D eigenvalue weighted by Gasteiger charge is 2.09. The Bertz CT molecular complexity index is 280. The highest BCUT2D eigenvalue weighted by atomic mass is 16.5. The van der Waals surface area contributed by atoms with E-state index in [1.54, 1.807) is 0 Å². The van der Waals surface area contributed by atoms with Crippen LogP contribution in [0.1, 0.15) is 51.5 Å². The second kappa shape index (κ2) is 6.49. The van der Waals surface area contributed by atoms with Gasteiger partial charge in [0.15, 0.2) is 0 Å². The zero-order valence-electron chi connectivity index (χ0n) is 10.1. The molecular formula is C14H22O. The van der Waals surface area contributed by atoms with Crippen molar-refractivity contribution in [2.24, 2.45) is 0 Å². The largest absolute Gasteiger partial charge is 0.493 e. The first-order valence-corrected chi connectivity index (χ1v) is 6.01. The maximum absolute atomic E-state index is 5.75. The maximum Gasteiger partial charge on any atom is 0.122 e. The molecule has 0 aromatic heterocycles. The van der Waals surface area contributed by atoms with E-state index in [2.05, 4.69) is 39.0 Å². The summed E-state index contributed by atoms with van der Waals surface area (Å²) in [4.78, 5) is 0. The molecule has 0 saturated heterocycles. The van der Waals surface area contributed by atoms with Crippen LogP contribution < -0.4 is 4.74 Å². The summed E-state index contributed by atoms with van der Waals surface area (Å²) in [6, 6.07) is 8.41. The average molecular weight is 206 g/mol. The molecule has 1 rings (SSSR count). The van der Waals surface area contributed by atoms with Crippen LogP contribution in [0, 0.1) is 0 Å². The van der Waals surface area contributed by atoms with Crippen molar-refractivity contribution in [3.05, 3.63) is 29.8 Å². The smallest absolute Gasteiger partial charge is 0.122 e. The molecule has 0 amide bonds. The zero-order valence-corrected chi connectivity index (χ0v) is 10.1. The lowest BCUT2D eigenvalue weighted by molar-refractivity contribution is 0.312. The predicted molar refractivity (Wildman–Crippen MR) is 65.6 cm³/mol. The number of ether oxygens (including phenoxy) is 1. The van der Waals surface area contributed by atoms with Crippen molar-refractivity contribution in [3.63, 3.8) is 0 Å². The van der Waals surface area contributed by atoms with Gasteiger partial charge in [-0.1, -0.05) is 45.4 Å². The molecule has 0 aliphatic heterocycles. The third-order valence-corrected chi connectivity index (χ3v) is 2.63. The summed E-state index contributed by atoms with van der Waals surface area (Å²) in [5, 5.41) is 0. The number of hydrogen-bond donors (Lipinski definition) is 0. The molecule has 1 aromatic carbocycles. The quantitative estimate of drug-likeness (QED) is 0.671. The van der Waals surface area contributed by atoms with Gasteiger partial charge in [0.1, 0.15) is 5.75 Å². The minimum atomic E-state index is 0.600. The summed E-state index contributed by atoms with van der Waals surface area (Å²) in [5.74, 6) is 1.67. The van der Waals surface area contributed by atoms with E-state index < -0.39 is 0 Å². The van der Waals surface area contributed by atoms with Crippen molar-refractivity contribution in [2.75, 3.05) is 6.61 Å². The Hall–Kier alpha value is -0.980. The topological polar surface area (TPSA) is 9.23 Å². The lowest BCUT2D eigenvalue weighted by Crippen LogP contribution is -2.01. The second-order valence-electron chi connectivity index (χ2n) is 4.08. The first-order valence-electron chi connectivity index (χ1n) is 6.01. The number of rotatable bonds is 6. The molecule has 1 aromatic rings. The highest BCUT2D eigenvalue weighted by molar-refractivity contribution is 5.35. The van der Waals surface area contributed by atoms with Crippen LogP contribution in [0.4, 0.5) is 0 Å². The molecule has 0 saturated carbocycles. The van der Waals surface area contributed by atoms with Crippen LogP contribution in [-0.4, -0.2) is 6.61 Å². The van der Waals surface area contributed by atoms with E-state index >= 15 is 0 Å². The van der Waals surface area contributed by atoms with Crippen molar-refractivity contribution in [3.8, 4) is 5.75 Å². The summed E-state index contributed by atoms with van der Waals surface area (Å²) in [6.45, 7) is 7.46. The molecule has 0 radical (unpaired) electrons. The average Bonchev–Trinajstić information content (AvgIpc) is 2.27.